The van der Waals surface area contributed by atoms with Gasteiger partial charge in [-0.1, -0.05) is 15.9 Å². The Labute approximate surface area is 52.8 Å². The topological polar surface area (TPSA) is 3.24 Å². The van der Waals surface area contributed by atoms with Crippen LogP contribution in [-0.2, 0) is 0 Å². The molecule has 0 aromatic rings. The number of nitrogens with zero attached hydrogens (tertiary/aromatic N) is 1. The van der Waals surface area contributed by atoms with Gasteiger partial charge in [0.2, 0.25) is 0 Å². The number of alkyl halides is 1. The Kier molecular flexibility index (Phi) is 1.70. The van der Waals surface area contributed by atoms with Crippen LogP contribution < -0.4 is 0 Å². The standard InChI is InChI=1S/C5H9BrN/c1-7-3-2-5(6)4-7/h4-5H,2-3H2,1H3. The van der Waals surface area contributed by atoms with Crippen LogP contribution in [0.5, 0.6) is 0 Å². The fraction of sp³-hybridized carbons (Fsp3) is 0.800. The van der Waals surface area contributed by atoms with Crippen molar-refractivity contribution in [3.63, 3.8) is 0 Å². The third-order valence-corrected chi connectivity index (χ3v) is 1.87. The number of rotatable bonds is 0. The molecule has 0 N–H and O–H groups in total. The summed E-state index contributed by atoms with van der Waals surface area (Å²) in [5, 5.41) is 0. The second-order valence-electron chi connectivity index (χ2n) is 1.93. The SMILES string of the molecule is CN1[CH]C(Br)CC1. The van der Waals surface area contributed by atoms with Crippen LogP contribution in [0.4, 0.5) is 0 Å². The lowest BCUT2D eigenvalue weighted by Gasteiger charge is -2.01. The summed E-state index contributed by atoms with van der Waals surface area (Å²) in [6, 6.07) is 0. The average molecular weight is 163 g/mol. The van der Waals surface area contributed by atoms with E-state index in [0.717, 1.165) is 0 Å². The predicted octanol–water partition coefficient (Wildman–Crippen LogP) is 1.25. The van der Waals surface area contributed by atoms with Gasteiger partial charge in [0.05, 0.1) is 0 Å². The van der Waals surface area contributed by atoms with Crippen LogP contribution in [0, 0.1) is 6.54 Å². The minimum atomic E-state index is 0.637. The van der Waals surface area contributed by atoms with E-state index in [0.29, 0.717) is 4.83 Å². The summed E-state index contributed by atoms with van der Waals surface area (Å²) in [7, 11) is 2.10. The molecule has 0 aromatic heterocycles. The molecule has 0 aromatic carbocycles. The van der Waals surface area contributed by atoms with Gasteiger partial charge < -0.3 is 4.90 Å². The monoisotopic (exact) mass is 162 g/mol. The lowest BCUT2D eigenvalue weighted by atomic mass is 10.4. The quantitative estimate of drug-likeness (QED) is 0.485. The number of likely N-dealkylation sites (tertiary alicyclic amines) is 1. The number of halogens is 1. The lowest BCUT2D eigenvalue weighted by molar-refractivity contribution is 0.474. The normalized spacial score (nSPS) is 34.3. The van der Waals surface area contributed by atoms with Gasteiger partial charge >= 0.3 is 0 Å². The molecule has 0 aliphatic carbocycles. The highest BCUT2D eigenvalue weighted by Gasteiger charge is 2.15. The molecule has 1 aliphatic rings. The zero-order valence-corrected chi connectivity index (χ0v) is 5.98. The fourth-order valence-electron chi connectivity index (χ4n) is 0.752. The van der Waals surface area contributed by atoms with E-state index in [-0.39, 0.29) is 0 Å². The molecule has 2 heteroatoms. The first-order valence-corrected chi connectivity index (χ1v) is 3.40. The minimum Gasteiger partial charge on any atom is -0.301 e. The Hall–Kier alpha value is 0.440. The molecule has 7 heavy (non-hydrogen) atoms. The van der Waals surface area contributed by atoms with E-state index in [2.05, 4.69) is 34.4 Å². The summed E-state index contributed by atoms with van der Waals surface area (Å²) in [4.78, 5) is 2.84. The molecule has 0 bridgehead atoms. The molecule has 0 spiro atoms. The van der Waals surface area contributed by atoms with Gasteiger partial charge in [0.1, 0.15) is 0 Å². The van der Waals surface area contributed by atoms with E-state index in [1.807, 2.05) is 0 Å². The van der Waals surface area contributed by atoms with Crippen LogP contribution in [0.3, 0.4) is 0 Å². The van der Waals surface area contributed by atoms with Gasteiger partial charge in [-0.15, -0.1) is 0 Å². The molecule has 1 radical (unpaired) electrons. The molecule has 0 saturated carbocycles. The van der Waals surface area contributed by atoms with Crippen molar-refractivity contribution >= 4 is 15.9 Å². The maximum absolute atomic E-state index is 3.48. The molecule has 1 aliphatic heterocycles. The number of hydrogen-bond donors (Lipinski definition) is 0. The van der Waals surface area contributed by atoms with Crippen molar-refractivity contribution in [1.29, 1.82) is 0 Å². The maximum Gasteiger partial charge on any atom is 0.0384 e. The van der Waals surface area contributed by atoms with Crippen molar-refractivity contribution in [1.82, 2.24) is 4.90 Å². The zero-order valence-electron chi connectivity index (χ0n) is 4.39. The lowest BCUT2D eigenvalue weighted by Crippen LogP contribution is -2.07. The summed E-state index contributed by atoms with van der Waals surface area (Å²) in [5.74, 6) is 0. The Balaban J connectivity index is 2.26. The molecular formula is C5H9BrN. The molecule has 1 nitrogen and oxygen atoms in total. The van der Waals surface area contributed by atoms with Gasteiger partial charge in [-0.3, -0.25) is 0 Å². The van der Waals surface area contributed by atoms with Crippen LogP contribution in [-0.4, -0.2) is 23.3 Å². The summed E-state index contributed by atoms with van der Waals surface area (Å²) in [6.45, 7) is 3.40. The molecule has 1 unspecified atom stereocenters. The van der Waals surface area contributed by atoms with Crippen molar-refractivity contribution in [3.05, 3.63) is 6.54 Å². The smallest absolute Gasteiger partial charge is 0.0384 e. The Morgan fingerprint density at radius 2 is 2.57 bits per heavy atom. The minimum absolute atomic E-state index is 0.637. The first-order valence-electron chi connectivity index (χ1n) is 2.48. The van der Waals surface area contributed by atoms with E-state index < -0.39 is 0 Å². The van der Waals surface area contributed by atoms with Gasteiger partial charge in [-0.05, 0) is 20.0 Å². The largest absolute Gasteiger partial charge is 0.301 e. The van der Waals surface area contributed by atoms with E-state index in [4.69, 9.17) is 0 Å². The molecule has 1 atom stereocenters. The third-order valence-electron chi connectivity index (χ3n) is 1.17. The molecular weight excluding hydrogens is 154 g/mol. The first-order chi connectivity index (χ1) is 3.29. The summed E-state index contributed by atoms with van der Waals surface area (Å²) < 4.78 is 0. The summed E-state index contributed by atoms with van der Waals surface area (Å²) >= 11 is 3.48. The van der Waals surface area contributed by atoms with Gasteiger partial charge in [0.15, 0.2) is 0 Å². The number of hydrogen-bond acceptors (Lipinski definition) is 1. The van der Waals surface area contributed by atoms with Crippen molar-refractivity contribution in [2.75, 3.05) is 13.6 Å². The van der Waals surface area contributed by atoms with E-state index in [9.17, 15) is 0 Å². The Morgan fingerprint density at radius 3 is 2.71 bits per heavy atom. The van der Waals surface area contributed by atoms with Crippen LogP contribution in [0.15, 0.2) is 0 Å². The highest BCUT2D eigenvalue weighted by molar-refractivity contribution is 9.09. The average Bonchev–Trinajstić information content (AvgIpc) is 1.87. The highest BCUT2D eigenvalue weighted by Crippen LogP contribution is 2.17. The van der Waals surface area contributed by atoms with Gasteiger partial charge in [-0.25, -0.2) is 0 Å². The van der Waals surface area contributed by atoms with Gasteiger partial charge in [-0.2, -0.15) is 0 Å². The molecule has 1 heterocycles. The highest BCUT2D eigenvalue weighted by atomic mass is 79.9. The predicted molar refractivity (Wildman–Crippen MR) is 34.3 cm³/mol. The van der Waals surface area contributed by atoms with Gasteiger partial charge in [0.25, 0.3) is 0 Å². The molecule has 1 fully saturated rings. The van der Waals surface area contributed by atoms with E-state index >= 15 is 0 Å². The Bertz CT molecular complexity index is 57.1. The molecule has 1 saturated heterocycles. The summed E-state index contributed by atoms with van der Waals surface area (Å²) in [6.07, 6.45) is 1.26. The van der Waals surface area contributed by atoms with Crippen molar-refractivity contribution in [3.8, 4) is 0 Å². The van der Waals surface area contributed by atoms with Crippen LogP contribution >= 0.6 is 15.9 Å². The molecule has 41 valence electrons. The van der Waals surface area contributed by atoms with Crippen LogP contribution in [0.2, 0.25) is 0 Å². The first kappa shape index (κ1) is 5.57. The van der Waals surface area contributed by atoms with Crippen molar-refractivity contribution < 1.29 is 0 Å². The van der Waals surface area contributed by atoms with E-state index in [1.165, 1.54) is 13.0 Å². The fourth-order valence-corrected chi connectivity index (χ4v) is 1.36. The second-order valence-corrected chi connectivity index (χ2v) is 3.11. The van der Waals surface area contributed by atoms with E-state index in [1.54, 1.807) is 0 Å². The maximum atomic E-state index is 3.48. The molecule has 1 rings (SSSR count). The van der Waals surface area contributed by atoms with Crippen LogP contribution in [0.25, 0.3) is 0 Å². The molecule has 0 amide bonds. The van der Waals surface area contributed by atoms with Crippen molar-refractivity contribution in [2.45, 2.75) is 11.2 Å². The Morgan fingerprint density at radius 1 is 1.86 bits per heavy atom. The van der Waals surface area contributed by atoms with Gasteiger partial charge in [0, 0.05) is 11.4 Å². The van der Waals surface area contributed by atoms with Crippen molar-refractivity contribution in [2.24, 2.45) is 0 Å². The second kappa shape index (κ2) is 2.14. The third kappa shape index (κ3) is 1.42. The summed E-state index contributed by atoms with van der Waals surface area (Å²) in [5.41, 5.74) is 0. The van der Waals surface area contributed by atoms with Crippen LogP contribution in [0.1, 0.15) is 6.42 Å². The zero-order chi connectivity index (χ0) is 5.28.